The van der Waals surface area contributed by atoms with Crippen LogP contribution < -0.4 is 5.32 Å². The van der Waals surface area contributed by atoms with Gasteiger partial charge in [0.1, 0.15) is 5.58 Å². The molecule has 0 saturated carbocycles. The van der Waals surface area contributed by atoms with Gasteiger partial charge in [0, 0.05) is 29.7 Å². The molecule has 0 aliphatic heterocycles. The Hall–Kier alpha value is -1.84. The third-order valence-electron chi connectivity index (χ3n) is 4.49. The first kappa shape index (κ1) is 14.7. The van der Waals surface area contributed by atoms with Crippen LogP contribution in [0.1, 0.15) is 35.4 Å². The van der Waals surface area contributed by atoms with Crippen LogP contribution in [0.3, 0.4) is 0 Å². The Balaban J connectivity index is 1.46. The number of aromatic nitrogens is 1. The Morgan fingerprint density at radius 1 is 1.04 bits per heavy atom. The highest BCUT2D eigenvalue weighted by molar-refractivity contribution is 6.30. The molecule has 0 saturated heterocycles. The first-order chi connectivity index (χ1) is 11.3. The number of pyridine rings is 1. The molecule has 1 N–H and O–H groups in total. The Bertz CT molecular complexity index is 841. The van der Waals surface area contributed by atoms with Crippen LogP contribution in [0.15, 0.2) is 40.8 Å². The van der Waals surface area contributed by atoms with Crippen LogP contribution in [0, 0.1) is 0 Å². The molecule has 23 heavy (non-hydrogen) atoms. The highest BCUT2D eigenvalue weighted by Gasteiger charge is 2.13. The molecule has 0 spiro atoms. The molecule has 4 heteroatoms. The summed E-state index contributed by atoms with van der Waals surface area (Å²) in [5, 5.41) is 4.98. The predicted octanol–water partition coefficient (Wildman–Crippen LogP) is 4.65. The number of furan rings is 1. The fraction of sp³-hybridized carbons (Fsp3) is 0.316. The Morgan fingerprint density at radius 3 is 2.87 bits per heavy atom. The lowest BCUT2D eigenvalue weighted by Gasteiger charge is -2.15. The van der Waals surface area contributed by atoms with Gasteiger partial charge in [-0.2, -0.15) is 0 Å². The maximum Gasteiger partial charge on any atom is 0.199 e. The van der Waals surface area contributed by atoms with E-state index in [4.69, 9.17) is 21.0 Å². The van der Waals surface area contributed by atoms with Crippen molar-refractivity contribution >= 4 is 22.6 Å². The molecule has 0 radical (unpaired) electrons. The maximum absolute atomic E-state index is 6.22. The standard InChI is InChI=1S/C19H19ClN2O/c20-19-16(15-6-2-4-8-18(15)23-19)12-21-11-14-10-9-13-5-1-3-7-17(13)22-14/h2,4,6,8-10,21H,1,3,5,7,11-12H2. The minimum atomic E-state index is 0.470. The van der Waals surface area contributed by atoms with E-state index in [0.29, 0.717) is 11.8 Å². The molecule has 0 amide bonds. The second-order valence-corrected chi connectivity index (χ2v) is 6.41. The lowest BCUT2D eigenvalue weighted by molar-refractivity contribution is 0.601. The van der Waals surface area contributed by atoms with E-state index >= 15 is 0 Å². The molecular weight excluding hydrogens is 308 g/mol. The second kappa shape index (κ2) is 6.34. The van der Waals surface area contributed by atoms with Gasteiger partial charge in [-0.15, -0.1) is 0 Å². The minimum absolute atomic E-state index is 0.470. The molecule has 3 aromatic rings. The summed E-state index contributed by atoms with van der Waals surface area (Å²) >= 11 is 6.22. The SMILES string of the molecule is Clc1oc2ccccc2c1CNCc1ccc2c(n1)CCCC2. The summed E-state index contributed by atoms with van der Waals surface area (Å²) in [6, 6.07) is 12.3. The smallest absolute Gasteiger partial charge is 0.199 e. The first-order valence-corrected chi connectivity index (χ1v) is 8.53. The average molecular weight is 327 g/mol. The number of aryl methyl sites for hydroxylation is 2. The third-order valence-corrected chi connectivity index (χ3v) is 4.80. The average Bonchev–Trinajstić information content (AvgIpc) is 2.90. The fourth-order valence-corrected chi connectivity index (χ4v) is 3.53. The summed E-state index contributed by atoms with van der Waals surface area (Å²) in [5.41, 5.74) is 5.64. The summed E-state index contributed by atoms with van der Waals surface area (Å²) in [6.07, 6.45) is 4.83. The molecule has 0 atom stereocenters. The summed E-state index contributed by atoms with van der Waals surface area (Å²) in [7, 11) is 0. The van der Waals surface area contributed by atoms with Crippen molar-refractivity contribution in [3.05, 3.63) is 64.1 Å². The molecule has 2 aromatic heterocycles. The summed E-state index contributed by atoms with van der Waals surface area (Å²) < 4.78 is 5.59. The quantitative estimate of drug-likeness (QED) is 0.758. The normalized spacial score (nSPS) is 14.1. The van der Waals surface area contributed by atoms with Crippen molar-refractivity contribution in [1.29, 1.82) is 0 Å². The molecule has 0 fully saturated rings. The zero-order valence-corrected chi connectivity index (χ0v) is 13.7. The number of benzene rings is 1. The van der Waals surface area contributed by atoms with E-state index in [2.05, 4.69) is 17.4 Å². The maximum atomic E-state index is 6.22. The summed E-state index contributed by atoms with van der Waals surface area (Å²) in [6.45, 7) is 1.41. The van der Waals surface area contributed by atoms with Crippen molar-refractivity contribution in [3.63, 3.8) is 0 Å². The summed E-state index contributed by atoms with van der Waals surface area (Å²) in [5.74, 6) is 0. The topological polar surface area (TPSA) is 38.1 Å². The molecule has 2 heterocycles. The van der Waals surface area contributed by atoms with E-state index < -0.39 is 0 Å². The van der Waals surface area contributed by atoms with Gasteiger partial charge in [0.2, 0.25) is 0 Å². The molecule has 0 unspecified atom stereocenters. The fourth-order valence-electron chi connectivity index (χ4n) is 3.28. The van der Waals surface area contributed by atoms with Gasteiger partial charge in [-0.25, -0.2) is 0 Å². The number of rotatable bonds is 4. The van der Waals surface area contributed by atoms with Crippen LogP contribution in [0.4, 0.5) is 0 Å². The van der Waals surface area contributed by atoms with Crippen molar-refractivity contribution in [2.24, 2.45) is 0 Å². The molecular formula is C19H19ClN2O. The zero-order valence-electron chi connectivity index (χ0n) is 12.9. The van der Waals surface area contributed by atoms with Crippen LogP contribution in [-0.2, 0) is 25.9 Å². The first-order valence-electron chi connectivity index (χ1n) is 8.15. The van der Waals surface area contributed by atoms with Crippen LogP contribution >= 0.6 is 11.6 Å². The lowest BCUT2D eigenvalue weighted by atomic mass is 9.96. The van der Waals surface area contributed by atoms with Crippen LogP contribution in [-0.4, -0.2) is 4.98 Å². The van der Waals surface area contributed by atoms with Gasteiger partial charge in [0.25, 0.3) is 0 Å². The van der Waals surface area contributed by atoms with Crippen LogP contribution in [0.2, 0.25) is 5.22 Å². The third kappa shape index (κ3) is 2.99. The molecule has 4 rings (SSSR count). The highest BCUT2D eigenvalue weighted by atomic mass is 35.5. The number of halogens is 1. The molecule has 3 nitrogen and oxygen atoms in total. The van der Waals surface area contributed by atoms with Gasteiger partial charge in [0.15, 0.2) is 5.22 Å². The highest BCUT2D eigenvalue weighted by Crippen LogP contribution is 2.29. The van der Waals surface area contributed by atoms with Crippen molar-refractivity contribution in [1.82, 2.24) is 10.3 Å². The second-order valence-electron chi connectivity index (χ2n) is 6.07. The Labute approximate surface area is 140 Å². The lowest BCUT2D eigenvalue weighted by Crippen LogP contribution is -2.15. The van der Waals surface area contributed by atoms with Crippen LogP contribution in [0.5, 0.6) is 0 Å². The van der Waals surface area contributed by atoms with E-state index in [0.717, 1.165) is 35.2 Å². The van der Waals surface area contributed by atoms with Crippen molar-refractivity contribution in [3.8, 4) is 0 Å². The van der Waals surface area contributed by atoms with Gasteiger partial charge in [-0.1, -0.05) is 24.3 Å². The minimum Gasteiger partial charge on any atom is -0.444 e. The van der Waals surface area contributed by atoms with Gasteiger partial charge in [0.05, 0.1) is 5.69 Å². The molecule has 1 aliphatic rings. The number of nitrogens with one attached hydrogen (secondary N) is 1. The van der Waals surface area contributed by atoms with Gasteiger partial charge < -0.3 is 9.73 Å². The molecule has 1 aromatic carbocycles. The zero-order chi connectivity index (χ0) is 15.6. The largest absolute Gasteiger partial charge is 0.444 e. The van der Waals surface area contributed by atoms with Gasteiger partial charge >= 0.3 is 0 Å². The van der Waals surface area contributed by atoms with E-state index in [1.807, 2.05) is 24.3 Å². The van der Waals surface area contributed by atoms with E-state index in [1.165, 1.54) is 30.5 Å². The number of para-hydroxylation sites is 1. The Morgan fingerprint density at radius 2 is 1.91 bits per heavy atom. The Kier molecular flexibility index (Phi) is 4.06. The van der Waals surface area contributed by atoms with Crippen molar-refractivity contribution < 1.29 is 4.42 Å². The molecule has 0 bridgehead atoms. The van der Waals surface area contributed by atoms with E-state index in [-0.39, 0.29) is 0 Å². The predicted molar refractivity (Wildman–Crippen MR) is 92.6 cm³/mol. The monoisotopic (exact) mass is 326 g/mol. The van der Waals surface area contributed by atoms with Gasteiger partial charge in [-0.3, -0.25) is 4.98 Å². The van der Waals surface area contributed by atoms with E-state index in [1.54, 1.807) is 0 Å². The van der Waals surface area contributed by atoms with Crippen molar-refractivity contribution in [2.75, 3.05) is 0 Å². The number of fused-ring (bicyclic) bond motifs is 2. The number of nitrogens with zero attached hydrogens (tertiary/aromatic N) is 1. The number of hydrogen-bond acceptors (Lipinski definition) is 3. The van der Waals surface area contributed by atoms with Crippen LogP contribution in [0.25, 0.3) is 11.0 Å². The number of hydrogen-bond donors (Lipinski definition) is 1. The molecule has 1 aliphatic carbocycles. The molecule has 118 valence electrons. The van der Waals surface area contributed by atoms with E-state index in [9.17, 15) is 0 Å². The van der Waals surface area contributed by atoms with Gasteiger partial charge in [-0.05, 0) is 55.0 Å². The summed E-state index contributed by atoms with van der Waals surface area (Å²) in [4.78, 5) is 4.80. The van der Waals surface area contributed by atoms with Crippen molar-refractivity contribution in [2.45, 2.75) is 38.8 Å².